The molecule has 1 aliphatic rings. The summed E-state index contributed by atoms with van der Waals surface area (Å²) in [5.74, 6) is 0. The molecule has 2 atom stereocenters. The average molecular weight is 383 g/mol. The Morgan fingerprint density at radius 1 is 1.38 bits per heavy atom. The number of anilines is 1. The van der Waals surface area contributed by atoms with Gasteiger partial charge in [0.15, 0.2) is 12.4 Å². The van der Waals surface area contributed by atoms with E-state index in [2.05, 4.69) is 45.8 Å². The molecule has 0 bridgehead atoms. The molecule has 0 fully saturated rings. The third-order valence-electron chi connectivity index (χ3n) is 4.18. The van der Waals surface area contributed by atoms with Gasteiger partial charge >= 0.3 is 0 Å². The van der Waals surface area contributed by atoms with Gasteiger partial charge in [0.2, 0.25) is 0 Å². The summed E-state index contributed by atoms with van der Waals surface area (Å²) in [6.07, 6.45) is 2.36. The van der Waals surface area contributed by atoms with Gasteiger partial charge in [-0.2, -0.15) is 4.73 Å². The molecule has 1 aromatic heterocycles. The molecule has 148 valence electrons. The lowest BCUT2D eigenvalue weighted by atomic mass is 10.0. The fraction of sp³-hybridized carbons (Fsp3) is 0.722. The largest absolute Gasteiger partial charge is 0.619 e. The van der Waals surface area contributed by atoms with Crippen molar-refractivity contribution in [1.29, 1.82) is 0 Å². The first kappa shape index (κ1) is 21.1. The fourth-order valence-corrected chi connectivity index (χ4v) is 3.70. The van der Waals surface area contributed by atoms with Gasteiger partial charge in [-0.1, -0.05) is 19.6 Å². The van der Waals surface area contributed by atoms with E-state index in [9.17, 15) is 10.3 Å². The zero-order valence-corrected chi connectivity index (χ0v) is 18.1. The van der Waals surface area contributed by atoms with E-state index >= 15 is 0 Å². The van der Waals surface area contributed by atoms with Crippen LogP contribution in [0.15, 0.2) is 18.5 Å². The van der Waals surface area contributed by atoms with Crippen LogP contribution in [-0.2, 0) is 4.74 Å². The molecule has 1 aromatic rings. The van der Waals surface area contributed by atoms with Crippen molar-refractivity contribution in [3.63, 3.8) is 0 Å². The van der Waals surface area contributed by atoms with Crippen molar-refractivity contribution in [2.45, 2.75) is 71.1 Å². The number of nitrogens with zero attached hydrogens (tertiary/aromatic N) is 3. The predicted molar refractivity (Wildman–Crippen MR) is 106 cm³/mol. The molecule has 0 spiro atoms. The number of aliphatic hydroxyl groups is 1. The van der Waals surface area contributed by atoms with Gasteiger partial charge in [0, 0.05) is 26.3 Å². The normalized spacial score (nSPS) is 19.7. The molecule has 8 heteroatoms. The van der Waals surface area contributed by atoms with Crippen LogP contribution in [0, 0.1) is 5.21 Å². The molecule has 2 rings (SSSR count). The van der Waals surface area contributed by atoms with Gasteiger partial charge in [-0.3, -0.25) is 5.01 Å². The maximum absolute atomic E-state index is 11.8. The third kappa shape index (κ3) is 5.40. The van der Waals surface area contributed by atoms with Gasteiger partial charge in [0.1, 0.15) is 12.8 Å². The lowest BCUT2D eigenvalue weighted by molar-refractivity contribution is -0.605. The minimum atomic E-state index is -1.16. The van der Waals surface area contributed by atoms with Crippen molar-refractivity contribution >= 4 is 13.8 Å². The summed E-state index contributed by atoms with van der Waals surface area (Å²) in [5.41, 5.74) is 4.91. The molecular formula is C18H34N4O3Si. The van der Waals surface area contributed by atoms with E-state index in [0.29, 0.717) is 13.3 Å². The van der Waals surface area contributed by atoms with E-state index in [1.807, 2.05) is 10.1 Å². The molecule has 0 aromatic carbocycles. The van der Waals surface area contributed by atoms with Crippen molar-refractivity contribution in [3.05, 3.63) is 29.2 Å². The second-order valence-corrected chi connectivity index (χ2v) is 14.9. The molecule has 7 nitrogen and oxygen atoms in total. The minimum absolute atomic E-state index is 0.209. The Morgan fingerprint density at radius 3 is 2.58 bits per heavy atom. The van der Waals surface area contributed by atoms with Crippen LogP contribution in [-0.4, -0.2) is 43.3 Å². The van der Waals surface area contributed by atoms with Crippen molar-refractivity contribution in [2.24, 2.45) is 0 Å². The smallest absolute Gasteiger partial charge is 0.187 e. The van der Waals surface area contributed by atoms with Crippen LogP contribution in [0.4, 0.5) is 5.69 Å². The van der Waals surface area contributed by atoms with Crippen LogP contribution in [0.2, 0.25) is 25.7 Å². The Bertz CT molecular complexity index is 613. The first-order chi connectivity index (χ1) is 11.9. The first-order valence-electron chi connectivity index (χ1n) is 9.22. The van der Waals surface area contributed by atoms with Crippen LogP contribution in [0.1, 0.15) is 39.3 Å². The summed E-state index contributed by atoms with van der Waals surface area (Å²) >= 11 is 0. The highest BCUT2D eigenvalue weighted by atomic mass is 28.3. The minimum Gasteiger partial charge on any atom is -0.619 e. The van der Waals surface area contributed by atoms with E-state index in [-0.39, 0.29) is 11.6 Å². The lowest BCUT2D eigenvalue weighted by Gasteiger charge is -2.39. The van der Waals surface area contributed by atoms with Gasteiger partial charge < -0.3 is 15.1 Å². The number of ether oxygens (including phenoxy) is 1. The Balaban J connectivity index is 2.26. The van der Waals surface area contributed by atoms with Gasteiger partial charge in [0.05, 0.1) is 17.4 Å². The van der Waals surface area contributed by atoms with Crippen molar-refractivity contribution < 1.29 is 14.6 Å². The summed E-state index contributed by atoms with van der Waals surface area (Å²) in [4.78, 5) is 0. The van der Waals surface area contributed by atoms with E-state index in [1.165, 1.54) is 12.4 Å². The number of fused-ring (bicyclic) bond motifs is 1. The Labute approximate surface area is 158 Å². The molecule has 1 aliphatic heterocycles. The van der Waals surface area contributed by atoms with Crippen LogP contribution < -0.4 is 15.2 Å². The maximum atomic E-state index is 11.8. The zero-order chi connectivity index (χ0) is 19.7. The van der Waals surface area contributed by atoms with Crippen LogP contribution in [0.5, 0.6) is 0 Å². The van der Waals surface area contributed by atoms with Crippen molar-refractivity contribution in [2.75, 3.05) is 18.3 Å². The predicted octanol–water partition coefficient (Wildman–Crippen LogP) is 2.39. The number of aromatic nitrogens is 1. The fourth-order valence-electron chi connectivity index (χ4n) is 2.95. The highest BCUT2D eigenvalue weighted by molar-refractivity contribution is 6.76. The maximum Gasteiger partial charge on any atom is 0.187 e. The van der Waals surface area contributed by atoms with Crippen LogP contribution in [0.25, 0.3) is 0 Å². The highest BCUT2D eigenvalue weighted by Crippen LogP contribution is 2.40. The van der Waals surface area contributed by atoms with Gasteiger partial charge in [-0.15, -0.1) is 5.12 Å². The van der Waals surface area contributed by atoms with E-state index in [4.69, 9.17) is 4.74 Å². The van der Waals surface area contributed by atoms with E-state index in [0.717, 1.165) is 22.0 Å². The molecule has 0 aliphatic carbocycles. The van der Waals surface area contributed by atoms with Crippen LogP contribution in [0.3, 0.4) is 0 Å². The third-order valence-corrected chi connectivity index (χ3v) is 5.88. The van der Waals surface area contributed by atoms with Crippen molar-refractivity contribution in [1.82, 2.24) is 10.5 Å². The monoisotopic (exact) mass is 382 g/mol. The van der Waals surface area contributed by atoms with Gasteiger partial charge in [-0.05, 0) is 33.7 Å². The number of hydrazine groups is 2. The topological polar surface area (TPSA) is 74.9 Å². The highest BCUT2D eigenvalue weighted by Gasteiger charge is 2.42. The molecule has 26 heavy (non-hydrogen) atoms. The number of hydrogen-bond donors (Lipinski definition) is 2. The summed E-state index contributed by atoms with van der Waals surface area (Å²) in [6, 6.07) is 2.52. The molecule has 0 saturated heterocycles. The molecular weight excluding hydrogens is 348 g/mol. The molecule has 0 radical (unpaired) electrons. The van der Waals surface area contributed by atoms with Gasteiger partial charge in [-0.25, -0.2) is 5.43 Å². The summed E-state index contributed by atoms with van der Waals surface area (Å²) in [7, 11) is -1.16. The Morgan fingerprint density at radius 2 is 2.04 bits per heavy atom. The molecule has 0 amide bonds. The quantitative estimate of drug-likeness (QED) is 0.326. The zero-order valence-electron chi connectivity index (χ0n) is 17.1. The summed E-state index contributed by atoms with van der Waals surface area (Å²) in [6.45, 7) is 16.0. The van der Waals surface area contributed by atoms with Crippen molar-refractivity contribution in [3.8, 4) is 0 Å². The van der Waals surface area contributed by atoms with E-state index < -0.39 is 14.2 Å². The van der Waals surface area contributed by atoms with Crippen LogP contribution >= 0.6 is 0 Å². The average Bonchev–Trinajstić information content (AvgIpc) is 2.73. The number of pyridine rings is 1. The van der Waals surface area contributed by atoms with Gasteiger partial charge in [0.25, 0.3) is 0 Å². The molecule has 2 unspecified atom stereocenters. The molecule has 2 N–H and O–H groups in total. The number of nitrogens with one attached hydrogen (secondary N) is 1. The first-order valence-corrected chi connectivity index (χ1v) is 12.9. The Hall–Kier alpha value is -1.19. The summed E-state index contributed by atoms with van der Waals surface area (Å²) in [5, 5.41) is 26.1. The molecule has 0 saturated carbocycles. The number of aliphatic hydroxyl groups excluding tert-OH is 1. The Kier molecular flexibility index (Phi) is 6.35. The van der Waals surface area contributed by atoms with E-state index in [1.54, 1.807) is 13.0 Å². The lowest BCUT2D eigenvalue weighted by Crippen LogP contribution is -2.58. The number of hydrogen-bond acceptors (Lipinski definition) is 6. The standard InChI is InChI=1S/C18H34N4O3Si/c1-14(23)17-15-12-20(24)9-8-16(15)21(22(17)19-18(2,3)4)13-25-10-11-26(5,6)7/h8-9,12,14,17,19,23H,10-11,13H2,1-7H3. The second-order valence-electron chi connectivity index (χ2n) is 9.28. The summed E-state index contributed by atoms with van der Waals surface area (Å²) < 4.78 is 6.74. The number of rotatable bonds is 7. The SMILES string of the molecule is CC(O)C1c2c[n+]([O-])ccc2N(COCC[Si](C)(C)C)N1NC(C)(C)C. The second kappa shape index (κ2) is 7.81. The molecule has 2 heterocycles.